The lowest BCUT2D eigenvalue weighted by Crippen LogP contribution is -2.35. The van der Waals surface area contributed by atoms with Gasteiger partial charge in [0, 0.05) is 25.6 Å². The Labute approximate surface area is 124 Å². The van der Waals surface area contributed by atoms with Crippen molar-refractivity contribution in [3.63, 3.8) is 0 Å². The summed E-state index contributed by atoms with van der Waals surface area (Å²) in [7, 11) is 2.09. The van der Waals surface area contributed by atoms with Crippen LogP contribution in [0.4, 0.5) is 0 Å². The molecule has 5 nitrogen and oxygen atoms in total. The maximum absolute atomic E-state index is 12.3. The minimum absolute atomic E-state index is 0.000602. The van der Waals surface area contributed by atoms with Crippen LogP contribution in [-0.2, 0) is 11.2 Å². The van der Waals surface area contributed by atoms with Gasteiger partial charge in [-0.15, -0.1) is 11.3 Å². The lowest BCUT2D eigenvalue weighted by Gasteiger charge is -2.19. The van der Waals surface area contributed by atoms with Gasteiger partial charge < -0.3 is 15.0 Å². The standard InChI is InChI=1S/C14H23N3O2S/c1-4-12-13(20-10(2)16-12)14(18)15-7-11-8-17(3)5-6-19-9-11/h11H,4-9H2,1-3H3,(H,15,18). The summed E-state index contributed by atoms with van der Waals surface area (Å²) in [6.45, 7) is 8.03. The second kappa shape index (κ2) is 7.15. The van der Waals surface area contributed by atoms with Crippen molar-refractivity contribution in [2.45, 2.75) is 20.3 Å². The van der Waals surface area contributed by atoms with Crippen LogP contribution in [0.3, 0.4) is 0 Å². The van der Waals surface area contributed by atoms with Crippen LogP contribution in [-0.4, -0.2) is 55.7 Å². The van der Waals surface area contributed by atoms with Crippen molar-refractivity contribution in [2.24, 2.45) is 5.92 Å². The van der Waals surface area contributed by atoms with Crippen molar-refractivity contribution in [1.82, 2.24) is 15.2 Å². The number of rotatable bonds is 4. The number of nitrogens with one attached hydrogen (secondary N) is 1. The molecule has 0 aliphatic carbocycles. The van der Waals surface area contributed by atoms with Gasteiger partial charge in [0.2, 0.25) is 0 Å². The van der Waals surface area contributed by atoms with E-state index in [1.54, 1.807) is 0 Å². The molecule has 1 amide bonds. The van der Waals surface area contributed by atoms with Gasteiger partial charge in [0.1, 0.15) is 4.88 Å². The Kier molecular flexibility index (Phi) is 5.51. The van der Waals surface area contributed by atoms with Crippen LogP contribution in [0.15, 0.2) is 0 Å². The first-order valence-corrected chi connectivity index (χ1v) is 7.92. The summed E-state index contributed by atoms with van der Waals surface area (Å²) < 4.78 is 5.56. The monoisotopic (exact) mass is 297 g/mol. The average molecular weight is 297 g/mol. The number of nitrogens with zero attached hydrogens (tertiary/aromatic N) is 2. The molecule has 0 bridgehead atoms. The topological polar surface area (TPSA) is 54.5 Å². The van der Waals surface area contributed by atoms with Crippen molar-refractivity contribution >= 4 is 17.2 Å². The summed E-state index contributed by atoms with van der Waals surface area (Å²) in [5, 5.41) is 3.98. The van der Waals surface area contributed by atoms with E-state index >= 15 is 0 Å². The molecule has 0 spiro atoms. The number of hydrogen-bond acceptors (Lipinski definition) is 5. The summed E-state index contributed by atoms with van der Waals surface area (Å²) >= 11 is 1.47. The Hall–Kier alpha value is -0.980. The lowest BCUT2D eigenvalue weighted by atomic mass is 10.1. The summed E-state index contributed by atoms with van der Waals surface area (Å²) in [4.78, 5) is 19.7. The molecule has 20 heavy (non-hydrogen) atoms. The van der Waals surface area contributed by atoms with Crippen molar-refractivity contribution < 1.29 is 9.53 Å². The predicted molar refractivity (Wildman–Crippen MR) is 80.4 cm³/mol. The average Bonchev–Trinajstić information content (AvgIpc) is 2.68. The van der Waals surface area contributed by atoms with Gasteiger partial charge in [-0.05, 0) is 20.4 Å². The molecular weight excluding hydrogens is 274 g/mol. The van der Waals surface area contributed by atoms with Crippen LogP contribution in [0.1, 0.15) is 27.3 Å². The number of carbonyl (C=O) groups excluding carboxylic acids is 1. The van der Waals surface area contributed by atoms with Crippen molar-refractivity contribution in [3.8, 4) is 0 Å². The molecule has 1 aliphatic rings. The fourth-order valence-corrected chi connectivity index (χ4v) is 3.31. The SMILES string of the molecule is CCc1nc(C)sc1C(=O)NCC1COCCN(C)C1. The number of aromatic nitrogens is 1. The molecule has 1 fully saturated rings. The molecule has 1 aromatic heterocycles. The third kappa shape index (κ3) is 4.01. The molecule has 2 heterocycles. The number of likely N-dealkylation sites (N-methyl/N-ethyl adjacent to an activating group) is 1. The van der Waals surface area contributed by atoms with E-state index in [4.69, 9.17) is 4.74 Å². The second-order valence-corrected chi connectivity index (χ2v) is 6.48. The zero-order chi connectivity index (χ0) is 14.5. The number of aryl methyl sites for hydroxylation is 2. The fourth-order valence-electron chi connectivity index (χ4n) is 2.38. The number of carbonyl (C=O) groups is 1. The number of ether oxygens (including phenoxy) is 1. The van der Waals surface area contributed by atoms with Crippen molar-refractivity contribution in [1.29, 1.82) is 0 Å². The first-order valence-electron chi connectivity index (χ1n) is 7.11. The Morgan fingerprint density at radius 2 is 2.40 bits per heavy atom. The van der Waals surface area contributed by atoms with Gasteiger partial charge in [-0.25, -0.2) is 4.98 Å². The van der Waals surface area contributed by atoms with E-state index in [9.17, 15) is 4.79 Å². The fraction of sp³-hybridized carbons (Fsp3) is 0.714. The van der Waals surface area contributed by atoms with Gasteiger partial charge in [0.05, 0.1) is 23.9 Å². The van der Waals surface area contributed by atoms with Crippen LogP contribution < -0.4 is 5.32 Å². The number of amides is 1. The van der Waals surface area contributed by atoms with Crippen LogP contribution in [0, 0.1) is 12.8 Å². The first-order chi connectivity index (χ1) is 9.60. The predicted octanol–water partition coefficient (Wildman–Crippen LogP) is 1.32. The summed E-state index contributed by atoms with van der Waals surface area (Å²) in [6, 6.07) is 0. The van der Waals surface area contributed by atoms with Gasteiger partial charge >= 0.3 is 0 Å². The highest BCUT2D eigenvalue weighted by molar-refractivity contribution is 7.13. The Bertz CT molecular complexity index is 461. The number of hydrogen-bond donors (Lipinski definition) is 1. The van der Waals surface area contributed by atoms with E-state index in [2.05, 4.69) is 22.2 Å². The molecule has 1 aromatic rings. The molecule has 6 heteroatoms. The third-order valence-corrected chi connectivity index (χ3v) is 4.45. The van der Waals surface area contributed by atoms with Gasteiger partial charge in [-0.1, -0.05) is 6.92 Å². The molecule has 0 saturated carbocycles. The quantitative estimate of drug-likeness (QED) is 0.911. The van der Waals surface area contributed by atoms with Crippen LogP contribution in [0.25, 0.3) is 0 Å². The molecule has 112 valence electrons. The Balaban J connectivity index is 1.91. The number of thiazole rings is 1. The molecule has 1 atom stereocenters. The van der Waals surface area contributed by atoms with E-state index in [0.29, 0.717) is 19.1 Å². The Morgan fingerprint density at radius 3 is 3.15 bits per heavy atom. The third-order valence-electron chi connectivity index (χ3n) is 3.44. The Morgan fingerprint density at radius 1 is 1.60 bits per heavy atom. The highest BCUT2D eigenvalue weighted by Gasteiger charge is 2.19. The summed E-state index contributed by atoms with van der Waals surface area (Å²) in [6.07, 6.45) is 0.794. The van der Waals surface area contributed by atoms with Gasteiger partial charge in [-0.2, -0.15) is 0 Å². The van der Waals surface area contributed by atoms with Gasteiger partial charge in [-0.3, -0.25) is 4.79 Å². The van der Waals surface area contributed by atoms with Crippen molar-refractivity contribution in [3.05, 3.63) is 15.6 Å². The summed E-state index contributed by atoms with van der Waals surface area (Å²) in [5.41, 5.74) is 0.902. The molecule has 0 aromatic carbocycles. The highest BCUT2D eigenvalue weighted by atomic mass is 32.1. The molecule has 2 rings (SSSR count). The van der Waals surface area contributed by atoms with E-state index < -0.39 is 0 Å². The lowest BCUT2D eigenvalue weighted by molar-refractivity contribution is 0.0924. The van der Waals surface area contributed by atoms with E-state index in [0.717, 1.165) is 41.7 Å². The van der Waals surface area contributed by atoms with Crippen LogP contribution >= 0.6 is 11.3 Å². The largest absolute Gasteiger partial charge is 0.380 e. The molecule has 1 unspecified atom stereocenters. The van der Waals surface area contributed by atoms with E-state index in [1.165, 1.54) is 11.3 Å². The zero-order valence-electron chi connectivity index (χ0n) is 12.4. The van der Waals surface area contributed by atoms with Crippen molar-refractivity contribution in [2.75, 3.05) is 39.9 Å². The minimum atomic E-state index is -0.000602. The van der Waals surface area contributed by atoms with Crippen LogP contribution in [0.2, 0.25) is 0 Å². The maximum Gasteiger partial charge on any atom is 0.263 e. The molecule has 1 aliphatic heterocycles. The minimum Gasteiger partial charge on any atom is -0.380 e. The van der Waals surface area contributed by atoms with E-state index in [-0.39, 0.29) is 5.91 Å². The molecule has 1 saturated heterocycles. The van der Waals surface area contributed by atoms with E-state index in [1.807, 2.05) is 13.8 Å². The molecule has 1 N–H and O–H groups in total. The first kappa shape index (κ1) is 15.4. The van der Waals surface area contributed by atoms with Crippen LogP contribution in [0.5, 0.6) is 0 Å². The van der Waals surface area contributed by atoms with Gasteiger partial charge in [0.15, 0.2) is 0 Å². The van der Waals surface area contributed by atoms with Gasteiger partial charge in [0.25, 0.3) is 5.91 Å². The highest BCUT2D eigenvalue weighted by Crippen LogP contribution is 2.18. The molecule has 0 radical (unpaired) electrons. The normalized spacial score (nSPS) is 20.6. The molecular formula is C14H23N3O2S. The summed E-state index contributed by atoms with van der Waals surface area (Å²) in [5.74, 6) is 0.352. The maximum atomic E-state index is 12.3. The zero-order valence-corrected chi connectivity index (χ0v) is 13.3. The smallest absolute Gasteiger partial charge is 0.263 e. The second-order valence-electron chi connectivity index (χ2n) is 5.28.